The molecule has 0 aliphatic heterocycles. The van der Waals surface area contributed by atoms with Gasteiger partial charge in [0.05, 0.1) is 14.2 Å². The van der Waals surface area contributed by atoms with Crippen molar-refractivity contribution in [2.45, 2.75) is 33.2 Å². The van der Waals surface area contributed by atoms with E-state index in [9.17, 15) is 4.79 Å². The number of carbonyl (C=O) groups excluding carboxylic acids is 1. The summed E-state index contributed by atoms with van der Waals surface area (Å²) in [6.07, 6.45) is 0.703. The Bertz CT molecular complexity index is 461. The maximum atomic E-state index is 12.6. The standard InChI is InChI=1S/C16H24ClNO3/c1-16(2,3)13(9-10-17)18-15(19)14-11(20-4)7-6-8-12(14)21-5/h6-8,13H,9-10H2,1-5H3,(H,18,19). The normalized spacial score (nSPS) is 12.7. The Kier molecular flexibility index (Phi) is 6.34. The summed E-state index contributed by atoms with van der Waals surface area (Å²) in [7, 11) is 3.07. The number of ether oxygens (including phenoxy) is 2. The highest BCUT2D eigenvalue weighted by Gasteiger charge is 2.28. The maximum absolute atomic E-state index is 12.6. The Morgan fingerprint density at radius 2 is 1.76 bits per heavy atom. The number of amides is 1. The Morgan fingerprint density at radius 1 is 1.24 bits per heavy atom. The number of nitrogens with one attached hydrogen (secondary N) is 1. The van der Waals surface area contributed by atoms with Crippen LogP contribution in [0.2, 0.25) is 0 Å². The lowest BCUT2D eigenvalue weighted by Crippen LogP contribution is -2.44. The van der Waals surface area contributed by atoms with Crippen LogP contribution in [0.1, 0.15) is 37.6 Å². The predicted octanol–water partition coefficient (Wildman–Crippen LogP) is 3.48. The molecule has 0 spiro atoms. The highest BCUT2D eigenvalue weighted by molar-refractivity contribution is 6.17. The first-order valence-electron chi connectivity index (χ1n) is 6.93. The number of halogens is 1. The monoisotopic (exact) mass is 313 g/mol. The fourth-order valence-corrected chi connectivity index (χ4v) is 2.35. The summed E-state index contributed by atoms with van der Waals surface area (Å²) in [6, 6.07) is 5.24. The van der Waals surface area contributed by atoms with Crippen LogP contribution >= 0.6 is 11.6 Å². The Labute approximate surface area is 131 Å². The van der Waals surface area contributed by atoms with Crippen molar-refractivity contribution in [3.05, 3.63) is 23.8 Å². The van der Waals surface area contributed by atoms with Gasteiger partial charge in [0, 0.05) is 11.9 Å². The highest BCUT2D eigenvalue weighted by Crippen LogP contribution is 2.29. The van der Waals surface area contributed by atoms with Crippen LogP contribution in [0.4, 0.5) is 0 Å². The summed E-state index contributed by atoms with van der Waals surface area (Å²) in [5.41, 5.74) is 0.325. The topological polar surface area (TPSA) is 47.6 Å². The van der Waals surface area contributed by atoms with Crippen LogP contribution in [0.15, 0.2) is 18.2 Å². The van der Waals surface area contributed by atoms with Crippen LogP contribution in [0.3, 0.4) is 0 Å². The van der Waals surface area contributed by atoms with E-state index in [2.05, 4.69) is 26.1 Å². The summed E-state index contributed by atoms with van der Waals surface area (Å²) in [5, 5.41) is 3.04. The minimum absolute atomic E-state index is 0.0304. The van der Waals surface area contributed by atoms with Crippen LogP contribution in [0, 0.1) is 5.41 Å². The van der Waals surface area contributed by atoms with E-state index in [1.807, 2.05) is 0 Å². The minimum Gasteiger partial charge on any atom is -0.496 e. The number of alkyl halides is 1. The number of rotatable bonds is 6. The van der Waals surface area contributed by atoms with Gasteiger partial charge in [0.1, 0.15) is 17.1 Å². The maximum Gasteiger partial charge on any atom is 0.259 e. The van der Waals surface area contributed by atoms with Crippen LogP contribution < -0.4 is 14.8 Å². The molecule has 4 nitrogen and oxygen atoms in total. The fourth-order valence-electron chi connectivity index (χ4n) is 2.14. The van der Waals surface area contributed by atoms with Crippen molar-refractivity contribution >= 4 is 17.5 Å². The molecular weight excluding hydrogens is 290 g/mol. The summed E-state index contributed by atoms with van der Waals surface area (Å²) in [5.74, 6) is 1.26. The third-order valence-electron chi connectivity index (χ3n) is 3.40. The van der Waals surface area contributed by atoms with E-state index < -0.39 is 0 Å². The average molecular weight is 314 g/mol. The number of carbonyl (C=O) groups is 1. The van der Waals surface area contributed by atoms with Crippen molar-refractivity contribution in [3.63, 3.8) is 0 Å². The third-order valence-corrected chi connectivity index (χ3v) is 3.62. The van der Waals surface area contributed by atoms with Gasteiger partial charge < -0.3 is 14.8 Å². The first-order chi connectivity index (χ1) is 9.85. The molecule has 1 aromatic rings. The summed E-state index contributed by atoms with van der Waals surface area (Å²) >= 11 is 5.85. The summed E-state index contributed by atoms with van der Waals surface area (Å²) in [6.45, 7) is 6.22. The van der Waals surface area contributed by atoms with Gasteiger partial charge in [-0.1, -0.05) is 26.8 Å². The first-order valence-corrected chi connectivity index (χ1v) is 7.46. The van der Waals surface area contributed by atoms with Gasteiger partial charge in [-0.05, 0) is 24.0 Å². The van der Waals surface area contributed by atoms with Gasteiger partial charge in [0.2, 0.25) is 0 Å². The lowest BCUT2D eigenvalue weighted by atomic mass is 9.85. The molecule has 1 atom stereocenters. The molecule has 1 amide bonds. The van der Waals surface area contributed by atoms with Gasteiger partial charge in [0.15, 0.2) is 0 Å². The highest BCUT2D eigenvalue weighted by atomic mass is 35.5. The van der Waals surface area contributed by atoms with Gasteiger partial charge in [-0.15, -0.1) is 11.6 Å². The quantitative estimate of drug-likeness (QED) is 0.818. The van der Waals surface area contributed by atoms with E-state index in [1.165, 1.54) is 14.2 Å². The van der Waals surface area contributed by atoms with Crippen molar-refractivity contribution in [2.75, 3.05) is 20.1 Å². The second kappa shape index (κ2) is 7.55. The largest absolute Gasteiger partial charge is 0.496 e. The molecule has 1 rings (SSSR count). The Balaban J connectivity index is 3.08. The molecule has 0 bridgehead atoms. The molecule has 0 aliphatic rings. The molecule has 1 unspecified atom stereocenters. The molecule has 0 radical (unpaired) electrons. The smallest absolute Gasteiger partial charge is 0.259 e. The van der Waals surface area contributed by atoms with Gasteiger partial charge >= 0.3 is 0 Å². The molecule has 1 aromatic carbocycles. The van der Waals surface area contributed by atoms with Crippen molar-refractivity contribution in [2.24, 2.45) is 5.41 Å². The Morgan fingerprint density at radius 3 is 2.14 bits per heavy atom. The van der Waals surface area contributed by atoms with Crippen molar-refractivity contribution in [1.82, 2.24) is 5.32 Å². The van der Waals surface area contributed by atoms with E-state index in [-0.39, 0.29) is 17.4 Å². The lowest BCUT2D eigenvalue weighted by Gasteiger charge is -2.31. The van der Waals surface area contributed by atoms with Crippen LogP contribution in [-0.4, -0.2) is 32.0 Å². The molecule has 118 valence electrons. The van der Waals surface area contributed by atoms with E-state index >= 15 is 0 Å². The zero-order valence-corrected chi connectivity index (χ0v) is 14.1. The number of methoxy groups -OCH3 is 2. The number of benzene rings is 1. The van der Waals surface area contributed by atoms with Gasteiger partial charge in [0.25, 0.3) is 5.91 Å². The van der Waals surface area contributed by atoms with Gasteiger partial charge in [-0.2, -0.15) is 0 Å². The molecule has 5 heteroatoms. The molecule has 0 heterocycles. The molecule has 0 aliphatic carbocycles. The molecule has 0 saturated carbocycles. The van der Waals surface area contributed by atoms with Crippen molar-refractivity contribution < 1.29 is 14.3 Å². The first kappa shape index (κ1) is 17.6. The second-order valence-electron chi connectivity index (χ2n) is 5.91. The number of hydrogen-bond donors (Lipinski definition) is 1. The van der Waals surface area contributed by atoms with Crippen LogP contribution in [0.5, 0.6) is 11.5 Å². The molecule has 0 aromatic heterocycles. The Hall–Kier alpha value is -1.42. The molecule has 0 fully saturated rings. The van der Waals surface area contributed by atoms with Crippen LogP contribution in [-0.2, 0) is 0 Å². The van der Waals surface area contributed by atoms with Crippen molar-refractivity contribution in [1.29, 1.82) is 0 Å². The van der Waals surface area contributed by atoms with Gasteiger partial charge in [-0.25, -0.2) is 0 Å². The van der Waals surface area contributed by atoms with E-state index in [1.54, 1.807) is 18.2 Å². The van der Waals surface area contributed by atoms with Crippen molar-refractivity contribution in [3.8, 4) is 11.5 Å². The zero-order valence-electron chi connectivity index (χ0n) is 13.3. The van der Waals surface area contributed by atoms with E-state index in [0.717, 1.165) is 0 Å². The molecule has 21 heavy (non-hydrogen) atoms. The fraction of sp³-hybridized carbons (Fsp3) is 0.562. The lowest BCUT2D eigenvalue weighted by molar-refractivity contribution is 0.0894. The molecule has 1 N–H and O–H groups in total. The minimum atomic E-state index is -0.214. The predicted molar refractivity (Wildman–Crippen MR) is 85.6 cm³/mol. The van der Waals surface area contributed by atoms with Crippen LogP contribution in [0.25, 0.3) is 0 Å². The SMILES string of the molecule is COc1cccc(OC)c1C(=O)NC(CCCl)C(C)(C)C. The van der Waals surface area contributed by atoms with E-state index in [4.69, 9.17) is 21.1 Å². The summed E-state index contributed by atoms with van der Waals surface area (Å²) < 4.78 is 10.5. The molecule has 0 saturated heterocycles. The third kappa shape index (κ3) is 4.53. The second-order valence-corrected chi connectivity index (χ2v) is 6.29. The molecular formula is C16H24ClNO3. The average Bonchev–Trinajstić information content (AvgIpc) is 2.44. The van der Waals surface area contributed by atoms with E-state index in [0.29, 0.717) is 29.4 Å². The van der Waals surface area contributed by atoms with Gasteiger partial charge in [-0.3, -0.25) is 4.79 Å². The summed E-state index contributed by atoms with van der Waals surface area (Å²) in [4.78, 5) is 12.6. The number of hydrogen-bond acceptors (Lipinski definition) is 3. The zero-order chi connectivity index (χ0) is 16.0.